The van der Waals surface area contributed by atoms with E-state index in [4.69, 9.17) is 10.2 Å². The molecule has 1 aromatic rings. The maximum absolute atomic E-state index is 9.13. The van der Waals surface area contributed by atoms with Crippen LogP contribution in [0.15, 0.2) is 42.5 Å². The zero-order valence-electron chi connectivity index (χ0n) is 9.14. The van der Waals surface area contributed by atoms with E-state index in [1.807, 2.05) is 6.92 Å². The molecule has 2 aliphatic rings. The Morgan fingerprint density at radius 1 is 0.812 bits per heavy atom. The molecule has 0 heterocycles. The van der Waals surface area contributed by atoms with Crippen molar-refractivity contribution in [3.05, 3.63) is 48.0 Å². The Balaban J connectivity index is 0.000000134. The first-order valence-corrected chi connectivity index (χ1v) is 5.32. The summed E-state index contributed by atoms with van der Waals surface area (Å²) in [5.74, 6) is 0.338. The lowest BCUT2D eigenvalue weighted by atomic mass is 9.95. The van der Waals surface area contributed by atoms with E-state index in [0.717, 1.165) is 0 Å². The molecule has 0 bridgehead atoms. The van der Waals surface area contributed by atoms with E-state index in [0.29, 0.717) is 12.0 Å². The summed E-state index contributed by atoms with van der Waals surface area (Å²) >= 11 is 0. The fourth-order valence-corrected chi connectivity index (χ4v) is 1.59. The van der Waals surface area contributed by atoms with E-state index in [2.05, 4.69) is 24.3 Å². The van der Waals surface area contributed by atoms with Crippen LogP contribution in [0.5, 0.6) is 11.5 Å². The molecule has 0 saturated heterocycles. The summed E-state index contributed by atoms with van der Waals surface area (Å²) in [5.41, 5.74) is 3.47. The van der Waals surface area contributed by atoms with Crippen molar-refractivity contribution in [3.63, 3.8) is 0 Å². The van der Waals surface area contributed by atoms with Crippen LogP contribution in [0.1, 0.15) is 12.5 Å². The lowest BCUT2D eigenvalue weighted by Crippen LogP contribution is -1.85. The zero-order valence-corrected chi connectivity index (χ0v) is 9.14. The van der Waals surface area contributed by atoms with Gasteiger partial charge in [-0.25, -0.2) is 0 Å². The summed E-state index contributed by atoms with van der Waals surface area (Å²) in [7, 11) is 0. The quantitative estimate of drug-likeness (QED) is 0.652. The SMILES string of the molecule is CCc1c(O)cccc1O.c1cc2ccc1-2. The number of benzene rings is 2. The van der Waals surface area contributed by atoms with Crippen LogP contribution >= 0.6 is 0 Å². The third kappa shape index (κ3) is 1.87. The summed E-state index contributed by atoms with van der Waals surface area (Å²) in [5, 5.41) is 18.3. The highest BCUT2D eigenvalue weighted by Crippen LogP contribution is 2.29. The molecule has 82 valence electrons. The van der Waals surface area contributed by atoms with Gasteiger partial charge in [0, 0.05) is 5.56 Å². The number of phenolic OH excluding ortho intramolecular Hbond substituents is 2. The molecule has 2 heteroatoms. The maximum Gasteiger partial charge on any atom is 0.122 e. The highest BCUT2D eigenvalue weighted by molar-refractivity contribution is 5.75. The molecule has 3 rings (SSSR count). The summed E-state index contributed by atoms with van der Waals surface area (Å²) < 4.78 is 0. The number of fused-ring (bicyclic) bond motifs is 1. The molecule has 2 nitrogen and oxygen atoms in total. The molecule has 0 aromatic heterocycles. The fourth-order valence-electron chi connectivity index (χ4n) is 1.59. The van der Waals surface area contributed by atoms with E-state index < -0.39 is 0 Å². The number of aromatic hydroxyl groups is 2. The first-order chi connectivity index (χ1) is 7.72. The van der Waals surface area contributed by atoms with Crippen LogP contribution in [0.4, 0.5) is 0 Å². The van der Waals surface area contributed by atoms with Crippen LogP contribution in [0.2, 0.25) is 0 Å². The molecule has 0 saturated carbocycles. The third-order valence-corrected chi connectivity index (χ3v) is 2.70. The molecule has 0 unspecified atom stereocenters. The summed E-state index contributed by atoms with van der Waals surface area (Å²) in [4.78, 5) is 0. The van der Waals surface area contributed by atoms with Gasteiger partial charge in [-0.3, -0.25) is 0 Å². The van der Waals surface area contributed by atoms with Gasteiger partial charge < -0.3 is 10.2 Å². The Bertz CT molecular complexity index is 445. The second kappa shape index (κ2) is 4.27. The first-order valence-electron chi connectivity index (χ1n) is 5.32. The van der Waals surface area contributed by atoms with Crippen molar-refractivity contribution in [2.24, 2.45) is 0 Å². The van der Waals surface area contributed by atoms with Crippen molar-refractivity contribution in [2.75, 3.05) is 0 Å². The van der Waals surface area contributed by atoms with Gasteiger partial charge in [0.2, 0.25) is 0 Å². The Hall–Kier alpha value is -1.96. The lowest BCUT2D eigenvalue weighted by Gasteiger charge is -2.10. The first kappa shape index (κ1) is 10.6. The highest BCUT2D eigenvalue weighted by Gasteiger charge is 2.04. The minimum atomic E-state index is 0.169. The van der Waals surface area contributed by atoms with E-state index in [-0.39, 0.29) is 11.5 Å². The number of phenols is 2. The molecule has 16 heavy (non-hydrogen) atoms. The molecule has 0 amide bonds. The van der Waals surface area contributed by atoms with E-state index >= 15 is 0 Å². The van der Waals surface area contributed by atoms with Gasteiger partial charge in [-0.05, 0) is 29.7 Å². The van der Waals surface area contributed by atoms with Gasteiger partial charge in [0.25, 0.3) is 0 Å². The largest absolute Gasteiger partial charge is 0.508 e. The minimum Gasteiger partial charge on any atom is -0.508 e. The van der Waals surface area contributed by atoms with Gasteiger partial charge in [0.05, 0.1) is 0 Å². The predicted molar refractivity (Wildman–Crippen MR) is 64.6 cm³/mol. The summed E-state index contributed by atoms with van der Waals surface area (Å²) in [6.45, 7) is 1.88. The monoisotopic (exact) mass is 214 g/mol. The second-order valence-electron chi connectivity index (χ2n) is 3.71. The molecular weight excluding hydrogens is 200 g/mol. The van der Waals surface area contributed by atoms with E-state index in [9.17, 15) is 0 Å². The number of hydrogen-bond acceptors (Lipinski definition) is 2. The van der Waals surface area contributed by atoms with Gasteiger partial charge in [-0.2, -0.15) is 0 Å². The molecule has 2 aliphatic carbocycles. The van der Waals surface area contributed by atoms with Crippen LogP contribution in [-0.2, 0) is 6.42 Å². The standard InChI is InChI=1S/C8H10O2.C6H4/c1-2-6-7(9)4-3-5-8(6)10;1-2-6-4-3-5(1)6/h3-5,9-10H,2H2,1H3;1-4H. The summed E-state index contributed by atoms with van der Waals surface area (Å²) in [6, 6.07) is 13.2. The van der Waals surface area contributed by atoms with Crippen molar-refractivity contribution in [1.29, 1.82) is 0 Å². The van der Waals surface area contributed by atoms with Gasteiger partial charge in [0.1, 0.15) is 11.5 Å². The molecule has 0 spiro atoms. The highest BCUT2D eigenvalue weighted by atomic mass is 16.3. The molecule has 1 aromatic carbocycles. The molecule has 0 radical (unpaired) electrons. The maximum atomic E-state index is 9.13. The molecule has 2 N–H and O–H groups in total. The smallest absolute Gasteiger partial charge is 0.122 e. The average Bonchev–Trinajstić information content (AvgIpc) is 2.25. The second-order valence-corrected chi connectivity index (χ2v) is 3.71. The van der Waals surface area contributed by atoms with Gasteiger partial charge >= 0.3 is 0 Å². The topological polar surface area (TPSA) is 40.5 Å². The van der Waals surface area contributed by atoms with E-state index in [1.54, 1.807) is 18.2 Å². The van der Waals surface area contributed by atoms with Crippen LogP contribution in [0.25, 0.3) is 11.1 Å². The predicted octanol–water partition coefficient (Wildman–Crippen LogP) is 3.33. The number of hydrogen-bond donors (Lipinski definition) is 2. The molecular formula is C14H14O2. The van der Waals surface area contributed by atoms with Gasteiger partial charge in [-0.1, -0.05) is 37.3 Å². The van der Waals surface area contributed by atoms with Crippen LogP contribution in [-0.4, -0.2) is 10.2 Å². The van der Waals surface area contributed by atoms with Crippen molar-refractivity contribution in [1.82, 2.24) is 0 Å². The van der Waals surface area contributed by atoms with Crippen molar-refractivity contribution >= 4 is 0 Å². The number of rotatable bonds is 1. The fraction of sp³-hybridized carbons (Fsp3) is 0.143. The average molecular weight is 214 g/mol. The summed E-state index contributed by atoms with van der Waals surface area (Å²) in [6.07, 6.45) is 0.651. The molecule has 0 fully saturated rings. The molecule has 0 aliphatic heterocycles. The van der Waals surface area contributed by atoms with Gasteiger partial charge in [0.15, 0.2) is 0 Å². The van der Waals surface area contributed by atoms with Crippen molar-refractivity contribution < 1.29 is 10.2 Å². The minimum absolute atomic E-state index is 0.169. The van der Waals surface area contributed by atoms with Crippen LogP contribution < -0.4 is 0 Å². The Kier molecular flexibility index (Phi) is 2.82. The third-order valence-electron chi connectivity index (χ3n) is 2.70. The lowest BCUT2D eigenvalue weighted by molar-refractivity contribution is 0.439. The van der Waals surface area contributed by atoms with E-state index in [1.165, 1.54) is 11.1 Å². The Morgan fingerprint density at radius 2 is 1.25 bits per heavy atom. The zero-order chi connectivity index (χ0) is 11.5. The molecule has 0 atom stereocenters. The van der Waals surface area contributed by atoms with Crippen molar-refractivity contribution in [2.45, 2.75) is 13.3 Å². The van der Waals surface area contributed by atoms with Gasteiger partial charge in [-0.15, -0.1) is 0 Å². The van der Waals surface area contributed by atoms with Crippen LogP contribution in [0, 0.1) is 0 Å². The normalized spacial score (nSPS) is 10.3. The Morgan fingerprint density at radius 3 is 1.44 bits per heavy atom. The van der Waals surface area contributed by atoms with Crippen LogP contribution in [0.3, 0.4) is 0 Å². The van der Waals surface area contributed by atoms with Crippen molar-refractivity contribution in [3.8, 4) is 22.6 Å². The Labute approximate surface area is 94.8 Å².